The second-order valence-electron chi connectivity index (χ2n) is 4.89. The highest BCUT2D eigenvalue weighted by atomic mass is 79.9. The monoisotopic (exact) mass is 299 g/mol. The third kappa shape index (κ3) is 4.77. The zero-order valence-electron chi connectivity index (χ0n) is 10.6. The van der Waals surface area contributed by atoms with Crippen molar-refractivity contribution >= 4 is 22.0 Å². The largest absolute Gasteiger partial charge is 0.444 e. The van der Waals surface area contributed by atoms with Gasteiger partial charge in [-0.05, 0) is 39.3 Å². The number of rotatable bonds is 2. The molecule has 17 heavy (non-hydrogen) atoms. The van der Waals surface area contributed by atoms with Gasteiger partial charge in [-0.15, -0.1) is 0 Å². The molecule has 1 unspecified atom stereocenters. The molecule has 0 aliphatic rings. The summed E-state index contributed by atoms with van der Waals surface area (Å²) in [7, 11) is 0. The Bertz CT molecular complexity index is 399. The molecule has 1 atom stereocenters. The van der Waals surface area contributed by atoms with Crippen molar-refractivity contribution in [3.05, 3.63) is 34.3 Å². The van der Waals surface area contributed by atoms with E-state index in [1.165, 1.54) is 0 Å². The molecule has 94 valence electrons. The lowest BCUT2D eigenvalue weighted by molar-refractivity contribution is 0.0508. The summed E-state index contributed by atoms with van der Waals surface area (Å²) in [6, 6.07) is 7.69. The number of amides is 1. The van der Waals surface area contributed by atoms with Crippen molar-refractivity contribution < 1.29 is 9.53 Å². The molecule has 0 saturated carbocycles. The van der Waals surface area contributed by atoms with Crippen molar-refractivity contribution in [2.75, 3.05) is 0 Å². The van der Waals surface area contributed by atoms with E-state index in [0.29, 0.717) is 0 Å². The van der Waals surface area contributed by atoms with Crippen LogP contribution in [-0.4, -0.2) is 11.7 Å². The molecule has 0 aliphatic heterocycles. The first kappa shape index (κ1) is 14.0. The van der Waals surface area contributed by atoms with Crippen LogP contribution < -0.4 is 5.32 Å². The summed E-state index contributed by atoms with van der Waals surface area (Å²) in [4.78, 5) is 11.6. The van der Waals surface area contributed by atoms with Crippen LogP contribution in [0.1, 0.15) is 39.3 Å². The van der Waals surface area contributed by atoms with Crippen molar-refractivity contribution in [2.45, 2.75) is 39.3 Å². The lowest BCUT2D eigenvalue weighted by atomic mass is 10.1. The van der Waals surface area contributed by atoms with E-state index in [-0.39, 0.29) is 6.04 Å². The molecule has 1 aromatic rings. The van der Waals surface area contributed by atoms with Gasteiger partial charge in [0.1, 0.15) is 5.60 Å². The third-order valence-corrected chi connectivity index (χ3v) is 2.83. The maximum absolute atomic E-state index is 11.6. The zero-order chi connectivity index (χ0) is 13.1. The van der Waals surface area contributed by atoms with Crippen molar-refractivity contribution in [3.8, 4) is 0 Å². The summed E-state index contributed by atoms with van der Waals surface area (Å²) >= 11 is 3.46. The second-order valence-corrected chi connectivity index (χ2v) is 5.74. The van der Waals surface area contributed by atoms with Gasteiger partial charge in [0.2, 0.25) is 0 Å². The fraction of sp³-hybridized carbons (Fsp3) is 0.462. The third-order valence-electron chi connectivity index (χ3n) is 2.10. The number of hydrogen-bond acceptors (Lipinski definition) is 2. The van der Waals surface area contributed by atoms with Gasteiger partial charge < -0.3 is 10.1 Å². The van der Waals surface area contributed by atoms with Crippen LogP contribution in [0.3, 0.4) is 0 Å². The van der Waals surface area contributed by atoms with Crippen LogP contribution in [-0.2, 0) is 4.74 Å². The van der Waals surface area contributed by atoms with Gasteiger partial charge in [-0.25, -0.2) is 4.79 Å². The Balaban J connectivity index is 2.64. The maximum atomic E-state index is 11.6. The molecule has 1 rings (SSSR count). The minimum absolute atomic E-state index is 0.0968. The number of nitrogens with one attached hydrogen (secondary N) is 1. The smallest absolute Gasteiger partial charge is 0.408 e. The summed E-state index contributed by atoms with van der Waals surface area (Å²) in [5.41, 5.74) is 0.552. The number of halogens is 1. The van der Waals surface area contributed by atoms with Gasteiger partial charge in [0, 0.05) is 4.47 Å². The topological polar surface area (TPSA) is 38.3 Å². The van der Waals surface area contributed by atoms with Gasteiger partial charge in [-0.3, -0.25) is 0 Å². The van der Waals surface area contributed by atoms with Crippen molar-refractivity contribution in [1.29, 1.82) is 0 Å². The van der Waals surface area contributed by atoms with Crippen LogP contribution in [0, 0.1) is 0 Å². The van der Waals surface area contributed by atoms with E-state index >= 15 is 0 Å². The molecule has 1 N–H and O–H groups in total. The average molecular weight is 300 g/mol. The van der Waals surface area contributed by atoms with E-state index in [0.717, 1.165) is 10.0 Å². The van der Waals surface area contributed by atoms with Gasteiger partial charge in [0.25, 0.3) is 0 Å². The Morgan fingerprint density at radius 2 is 1.94 bits per heavy atom. The predicted octanol–water partition coefficient (Wildman–Crippen LogP) is 4.03. The molecule has 0 heterocycles. The fourth-order valence-electron chi connectivity index (χ4n) is 1.39. The van der Waals surface area contributed by atoms with Gasteiger partial charge >= 0.3 is 6.09 Å². The normalized spacial score (nSPS) is 13.0. The molecule has 1 amide bonds. The van der Waals surface area contributed by atoms with Gasteiger partial charge in [0.15, 0.2) is 0 Å². The number of benzene rings is 1. The zero-order valence-corrected chi connectivity index (χ0v) is 12.2. The standard InChI is InChI=1S/C13H18BrNO2/c1-9(10-7-5-6-8-11(10)14)15-12(16)17-13(2,3)4/h5-9H,1-4H3,(H,15,16). The number of hydrogen-bond donors (Lipinski definition) is 1. The number of carbonyl (C=O) groups excluding carboxylic acids is 1. The highest BCUT2D eigenvalue weighted by molar-refractivity contribution is 9.10. The van der Waals surface area contributed by atoms with Gasteiger partial charge in [0.05, 0.1) is 6.04 Å². The number of alkyl carbamates (subject to hydrolysis) is 1. The Kier molecular flexibility index (Phi) is 4.57. The first-order chi connectivity index (χ1) is 7.79. The lowest BCUT2D eigenvalue weighted by Crippen LogP contribution is -2.34. The lowest BCUT2D eigenvalue weighted by Gasteiger charge is -2.22. The molecule has 4 heteroatoms. The molecular weight excluding hydrogens is 282 g/mol. The number of ether oxygens (including phenoxy) is 1. The van der Waals surface area contributed by atoms with E-state index in [9.17, 15) is 4.79 Å². The van der Waals surface area contributed by atoms with Crippen LogP contribution in [0.2, 0.25) is 0 Å². The van der Waals surface area contributed by atoms with Gasteiger partial charge in [-0.1, -0.05) is 34.1 Å². The number of carbonyl (C=O) groups is 1. The average Bonchev–Trinajstić information content (AvgIpc) is 2.14. The summed E-state index contributed by atoms with van der Waals surface area (Å²) in [5, 5.41) is 2.80. The molecule has 0 radical (unpaired) electrons. The SMILES string of the molecule is CC(NC(=O)OC(C)(C)C)c1ccccc1Br. The van der Waals surface area contributed by atoms with Crippen LogP contribution in [0.25, 0.3) is 0 Å². The van der Waals surface area contributed by atoms with Gasteiger partial charge in [-0.2, -0.15) is 0 Å². The summed E-state index contributed by atoms with van der Waals surface area (Å²) in [5.74, 6) is 0. The highest BCUT2D eigenvalue weighted by Crippen LogP contribution is 2.23. The van der Waals surface area contributed by atoms with Crippen LogP contribution in [0.5, 0.6) is 0 Å². The van der Waals surface area contributed by atoms with Crippen molar-refractivity contribution in [1.82, 2.24) is 5.32 Å². The Morgan fingerprint density at radius 1 is 1.35 bits per heavy atom. The van der Waals surface area contributed by atoms with Crippen LogP contribution in [0.4, 0.5) is 4.79 Å². The molecule has 0 aliphatic carbocycles. The summed E-state index contributed by atoms with van der Waals surface area (Å²) < 4.78 is 6.18. The van der Waals surface area contributed by atoms with E-state index in [1.807, 2.05) is 52.0 Å². The molecule has 0 spiro atoms. The fourth-order valence-corrected chi connectivity index (χ4v) is 2.02. The van der Waals surface area contributed by atoms with E-state index in [2.05, 4.69) is 21.2 Å². The van der Waals surface area contributed by atoms with Crippen molar-refractivity contribution in [3.63, 3.8) is 0 Å². The van der Waals surface area contributed by atoms with Crippen molar-refractivity contribution in [2.24, 2.45) is 0 Å². The molecule has 0 bridgehead atoms. The second kappa shape index (κ2) is 5.54. The Hall–Kier alpha value is -1.03. The maximum Gasteiger partial charge on any atom is 0.408 e. The first-order valence-electron chi connectivity index (χ1n) is 5.53. The molecule has 0 saturated heterocycles. The van der Waals surface area contributed by atoms with E-state index in [1.54, 1.807) is 0 Å². The minimum atomic E-state index is -0.474. The predicted molar refractivity (Wildman–Crippen MR) is 71.9 cm³/mol. The first-order valence-corrected chi connectivity index (χ1v) is 6.33. The summed E-state index contributed by atoms with van der Waals surface area (Å²) in [6.07, 6.45) is -0.402. The molecule has 3 nitrogen and oxygen atoms in total. The Morgan fingerprint density at radius 3 is 2.47 bits per heavy atom. The molecule has 0 aromatic heterocycles. The highest BCUT2D eigenvalue weighted by Gasteiger charge is 2.18. The van der Waals surface area contributed by atoms with E-state index in [4.69, 9.17) is 4.74 Å². The van der Waals surface area contributed by atoms with E-state index < -0.39 is 11.7 Å². The molecular formula is C13H18BrNO2. The molecule has 1 aromatic carbocycles. The minimum Gasteiger partial charge on any atom is -0.444 e. The van der Waals surface area contributed by atoms with Crippen LogP contribution >= 0.6 is 15.9 Å². The molecule has 0 fully saturated rings. The Labute approximate surface area is 111 Å². The quantitative estimate of drug-likeness (QED) is 0.895. The van der Waals surface area contributed by atoms with Crippen LogP contribution in [0.15, 0.2) is 28.7 Å². The summed E-state index contributed by atoms with van der Waals surface area (Å²) in [6.45, 7) is 7.45.